The van der Waals surface area contributed by atoms with Crippen molar-refractivity contribution in [2.75, 3.05) is 25.6 Å². The van der Waals surface area contributed by atoms with Crippen LogP contribution in [-0.4, -0.2) is 31.5 Å². The second-order valence-corrected chi connectivity index (χ2v) is 4.05. The first-order valence-electron chi connectivity index (χ1n) is 5.77. The van der Waals surface area contributed by atoms with Crippen molar-refractivity contribution >= 4 is 17.5 Å². The normalized spacial score (nSPS) is 10.2. The molecule has 1 amide bonds. The van der Waals surface area contributed by atoms with Gasteiger partial charge in [0.15, 0.2) is 0 Å². The zero-order valence-electron chi connectivity index (χ0n) is 9.82. The topological polar surface area (TPSA) is 38.3 Å². The Morgan fingerprint density at radius 3 is 2.71 bits per heavy atom. The van der Waals surface area contributed by atoms with E-state index in [2.05, 4.69) is 5.32 Å². The minimum absolute atomic E-state index is 0.0496. The molecule has 0 heterocycles. The van der Waals surface area contributed by atoms with Crippen molar-refractivity contribution in [3.63, 3.8) is 0 Å². The minimum Gasteiger partial charge on any atom is -0.380 e. The fourth-order valence-electron chi connectivity index (χ4n) is 1.40. The van der Waals surface area contributed by atoms with Gasteiger partial charge in [-0.25, -0.2) is 0 Å². The van der Waals surface area contributed by atoms with Crippen molar-refractivity contribution in [3.8, 4) is 0 Å². The summed E-state index contributed by atoms with van der Waals surface area (Å²) in [5.74, 6) is 0.564. The van der Waals surface area contributed by atoms with Gasteiger partial charge in [-0.1, -0.05) is 30.3 Å². The van der Waals surface area contributed by atoms with Crippen LogP contribution >= 0.6 is 11.6 Å². The summed E-state index contributed by atoms with van der Waals surface area (Å²) in [5, 5.41) is 2.86. The average molecular weight is 256 g/mol. The van der Waals surface area contributed by atoms with Crippen molar-refractivity contribution in [1.82, 2.24) is 5.32 Å². The fraction of sp³-hybridized carbons (Fsp3) is 0.462. The van der Waals surface area contributed by atoms with Gasteiger partial charge >= 0.3 is 0 Å². The summed E-state index contributed by atoms with van der Waals surface area (Å²) in [4.78, 5) is 11.5. The quantitative estimate of drug-likeness (QED) is 0.570. The van der Waals surface area contributed by atoms with Crippen molar-refractivity contribution in [1.29, 1.82) is 0 Å². The van der Waals surface area contributed by atoms with Gasteiger partial charge < -0.3 is 10.1 Å². The van der Waals surface area contributed by atoms with E-state index in [1.165, 1.54) is 0 Å². The van der Waals surface area contributed by atoms with Crippen LogP contribution in [0.1, 0.15) is 12.0 Å². The maximum Gasteiger partial charge on any atom is 0.224 e. The molecule has 1 rings (SSSR count). The van der Waals surface area contributed by atoms with E-state index in [9.17, 15) is 4.79 Å². The number of hydrogen-bond donors (Lipinski definition) is 1. The smallest absolute Gasteiger partial charge is 0.224 e. The molecule has 1 aromatic carbocycles. The van der Waals surface area contributed by atoms with Crippen LogP contribution < -0.4 is 5.32 Å². The van der Waals surface area contributed by atoms with Crippen LogP contribution in [0.4, 0.5) is 0 Å². The molecule has 3 nitrogen and oxygen atoms in total. The fourth-order valence-corrected chi connectivity index (χ4v) is 1.51. The molecule has 0 aromatic heterocycles. The Bertz CT molecular complexity index is 316. The van der Waals surface area contributed by atoms with Gasteiger partial charge in [-0.2, -0.15) is 0 Å². The van der Waals surface area contributed by atoms with Gasteiger partial charge in [0.05, 0.1) is 13.0 Å². The Kier molecular flexibility index (Phi) is 7.43. The first-order valence-corrected chi connectivity index (χ1v) is 6.30. The Labute approximate surface area is 107 Å². The molecule has 0 saturated carbocycles. The van der Waals surface area contributed by atoms with E-state index in [-0.39, 0.29) is 5.91 Å². The molecule has 0 aliphatic rings. The van der Waals surface area contributed by atoms with Gasteiger partial charge in [-0.05, 0) is 12.0 Å². The second kappa shape index (κ2) is 9.02. The molecule has 0 bridgehead atoms. The van der Waals surface area contributed by atoms with Gasteiger partial charge in [0, 0.05) is 19.0 Å². The van der Waals surface area contributed by atoms with E-state index in [4.69, 9.17) is 16.3 Å². The Hall–Kier alpha value is -1.06. The Morgan fingerprint density at radius 2 is 2.00 bits per heavy atom. The van der Waals surface area contributed by atoms with Gasteiger partial charge in [0.25, 0.3) is 0 Å². The van der Waals surface area contributed by atoms with Crippen LogP contribution in [0.3, 0.4) is 0 Å². The van der Waals surface area contributed by atoms with E-state index in [1.807, 2.05) is 30.3 Å². The lowest BCUT2D eigenvalue weighted by atomic mass is 10.1. The van der Waals surface area contributed by atoms with Crippen molar-refractivity contribution in [3.05, 3.63) is 35.9 Å². The highest BCUT2D eigenvalue weighted by molar-refractivity contribution is 6.17. The van der Waals surface area contributed by atoms with Crippen LogP contribution in [0.2, 0.25) is 0 Å². The van der Waals surface area contributed by atoms with Crippen molar-refractivity contribution < 1.29 is 9.53 Å². The largest absolute Gasteiger partial charge is 0.380 e. The van der Waals surface area contributed by atoms with Gasteiger partial charge in [-0.3, -0.25) is 4.79 Å². The predicted octanol–water partition coefficient (Wildman–Crippen LogP) is 1.99. The number of amides is 1. The summed E-state index contributed by atoms with van der Waals surface area (Å²) in [6.07, 6.45) is 1.25. The van der Waals surface area contributed by atoms with E-state index >= 15 is 0 Å². The van der Waals surface area contributed by atoms with E-state index < -0.39 is 0 Å². The lowest BCUT2D eigenvalue weighted by molar-refractivity contribution is -0.120. The Morgan fingerprint density at radius 1 is 1.24 bits per heavy atom. The third-order valence-electron chi connectivity index (χ3n) is 2.22. The number of carbonyl (C=O) groups excluding carboxylic acids is 1. The van der Waals surface area contributed by atoms with Gasteiger partial charge in [0.2, 0.25) is 5.91 Å². The first-order chi connectivity index (χ1) is 8.33. The molecule has 0 spiro atoms. The van der Waals surface area contributed by atoms with Crippen LogP contribution in [0.15, 0.2) is 30.3 Å². The summed E-state index contributed by atoms with van der Waals surface area (Å²) < 4.78 is 5.20. The zero-order valence-corrected chi connectivity index (χ0v) is 10.6. The Balaban J connectivity index is 2.06. The van der Waals surface area contributed by atoms with E-state index in [0.717, 1.165) is 12.0 Å². The molecule has 0 saturated heterocycles. The molecule has 0 aliphatic carbocycles. The van der Waals surface area contributed by atoms with Crippen LogP contribution in [0.5, 0.6) is 0 Å². The third kappa shape index (κ3) is 6.97. The summed E-state index contributed by atoms with van der Waals surface area (Å²) in [7, 11) is 0. The number of nitrogens with one attached hydrogen (secondary N) is 1. The third-order valence-corrected chi connectivity index (χ3v) is 2.37. The van der Waals surface area contributed by atoms with Crippen molar-refractivity contribution in [2.45, 2.75) is 12.8 Å². The van der Waals surface area contributed by atoms with E-state index in [1.54, 1.807) is 0 Å². The molecule has 94 valence electrons. The first kappa shape index (κ1) is 14.0. The molecule has 0 unspecified atom stereocenters. The monoisotopic (exact) mass is 255 g/mol. The molecule has 0 fully saturated rings. The number of ether oxygens (including phenoxy) is 1. The molecule has 4 heteroatoms. The second-order valence-electron chi connectivity index (χ2n) is 3.67. The zero-order chi connectivity index (χ0) is 12.3. The lowest BCUT2D eigenvalue weighted by Gasteiger charge is -2.05. The highest BCUT2D eigenvalue weighted by atomic mass is 35.5. The molecule has 1 aromatic rings. The van der Waals surface area contributed by atoms with Crippen LogP contribution in [-0.2, 0) is 16.0 Å². The minimum atomic E-state index is 0.0496. The standard InChI is InChI=1S/C13H18ClNO2/c14-7-10-17-9-4-8-15-13(16)11-12-5-2-1-3-6-12/h1-3,5-6H,4,7-11H2,(H,15,16). The van der Waals surface area contributed by atoms with Crippen LogP contribution in [0, 0.1) is 0 Å². The maximum atomic E-state index is 11.5. The lowest BCUT2D eigenvalue weighted by Crippen LogP contribution is -2.26. The molecule has 0 radical (unpaired) electrons. The summed E-state index contributed by atoms with van der Waals surface area (Å²) in [5.41, 5.74) is 1.03. The number of alkyl halides is 1. The number of carbonyl (C=O) groups is 1. The number of benzene rings is 1. The predicted molar refractivity (Wildman–Crippen MR) is 69.3 cm³/mol. The summed E-state index contributed by atoms with van der Waals surface area (Å²) >= 11 is 5.46. The SMILES string of the molecule is O=C(Cc1ccccc1)NCCCOCCCl. The summed E-state index contributed by atoms with van der Waals surface area (Å²) in [6.45, 7) is 1.85. The highest BCUT2D eigenvalue weighted by Crippen LogP contribution is 1.98. The van der Waals surface area contributed by atoms with E-state index in [0.29, 0.717) is 32.1 Å². The van der Waals surface area contributed by atoms with Crippen molar-refractivity contribution in [2.24, 2.45) is 0 Å². The molecular weight excluding hydrogens is 238 g/mol. The average Bonchev–Trinajstić information content (AvgIpc) is 2.35. The number of rotatable bonds is 8. The molecular formula is C13H18ClNO2. The molecule has 17 heavy (non-hydrogen) atoms. The molecule has 0 aliphatic heterocycles. The number of halogens is 1. The molecule has 0 atom stereocenters. The van der Waals surface area contributed by atoms with Gasteiger partial charge in [0.1, 0.15) is 0 Å². The highest BCUT2D eigenvalue weighted by Gasteiger charge is 2.01. The van der Waals surface area contributed by atoms with Gasteiger partial charge in [-0.15, -0.1) is 11.6 Å². The number of hydrogen-bond acceptors (Lipinski definition) is 2. The maximum absolute atomic E-state index is 11.5. The molecule has 1 N–H and O–H groups in total. The summed E-state index contributed by atoms with van der Waals surface area (Å²) in [6, 6.07) is 9.70. The van der Waals surface area contributed by atoms with Crippen LogP contribution in [0.25, 0.3) is 0 Å².